The zero-order valence-electron chi connectivity index (χ0n) is 21.2. The fraction of sp³-hybridized carbons (Fsp3) is 0.192. The molecule has 0 saturated heterocycles. The highest BCUT2D eigenvalue weighted by Gasteiger charge is 2.30. The third-order valence-electron chi connectivity index (χ3n) is 6.14. The molecule has 11 nitrogen and oxygen atoms in total. The van der Waals surface area contributed by atoms with Crippen molar-refractivity contribution < 1.29 is 18.8 Å². The Hall–Kier alpha value is -4.49. The molecule has 0 fully saturated rings. The number of hydrogen-bond donors (Lipinski definition) is 3. The van der Waals surface area contributed by atoms with Crippen LogP contribution >= 0.6 is 23.1 Å². The van der Waals surface area contributed by atoms with E-state index in [1.54, 1.807) is 19.1 Å². The number of ketones is 1. The Morgan fingerprint density at radius 2 is 1.98 bits per heavy atom. The van der Waals surface area contributed by atoms with Crippen molar-refractivity contribution in [1.29, 1.82) is 0 Å². The lowest BCUT2D eigenvalue weighted by atomic mass is 9.96. The summed E-state index contributed by atoms with van der Waals surface area (Å²) in [5, 5.41) is 16.5. The second-order valence-corrected chi connectivity index (χ2v) is 10.2. The van der Waals surface area contributed by atoms with Gasteiger partial charge in [0.25, 0.3) is 11.8 Å². The predicted molar refractivity (Wildman–Crippen MR) is 147 cm³/mol. The van der Waals surface area contributed by atoms with Gasteiger partial charge in [0.15, 0.2) is 5.82 Å². The second-order valence-electron chi connectivity index (χ2n) is 8.97. The third-order valence-corrected chi connectivity index (χ3v) is 7.32. The molecule has 0 bridgehead atoms. The highest BCUT2D eigenvalue weighted by Crippen LogP contribution is 2.36. The summed E-state index contributed by atoms with van der Waals surface area (Å²) in [6.07, 6.45) is 1.45. The van der Waals surface area contributed by atoms with Crippen LogP contribution in [-0.2, 0) is 17.9 Å². The average molecular weight is 581 g/mol. The lowest BCUT2D eigenvalue weighted by molar-refractivity contribution is -0.117. The zero-order chi connectivity index (χ0) is 28.4. The van der Waals surface area contributed by atoms with Gasteiger partial charge < -0.3 is 15.2 Å². The molecule has 0 spiro atoms. The van der Waals surface area contributed by atoms with E-state index in [2.05, 4.69) is 35.4 Å². The molecule has 5 aromatic rings. The largest absolute Gasteiger partial charge is 0.344 e. The number of aromatic nitrogens is 6. The van der Waals surface area contributed by atoms with E-state index in [4.69, 9.17) is 11.6 Å². The van der Waals surface area contributed by atoms with Gasteiger partial charge in [0.2, 0.25) is 5.82 Å². The number of nitrogens with zero attached hydrogens (tertiary/aromatic N) is 5. The summed E-state index contributed by atoms with van der Waals surface area (Å²) in [6, 6.07) is 11.2. The SMILES string of the molecule is CC(=O)Cn1c(C(=O)NCc2cn[nH]n2)nc(NC(=O)c2nsc3ccccc23)c1[C@H](C)c1cc(F)ccc1Cl. The van der Waals surface area contributed by atoms with Crippen molar-refractivity contribution in [1.82, 2.24) is 34.7 Å². The molecule has 40 heavy (non-hydrogen) atoms. The van der Waals surface area contributed by atoms with Gasteiger partial charge in [0.1, 0.15) is 23.0 Å². The minimum atomic E-state index is -0.686. The Bertz CT molecular complexity index is 1730. The first-order chi connectivity index (χ1) is 19.2. The molecule has 3 N–H and O–H groups in total. The predicted octanol–water partition coefficient (Wildman–Crippen LogP) is 4.33. The summed E-state index contributed by atoms with van der Waals surface area (Å²) in [6.45, 7) is 2.89. The molecule has 5 rings (SSSR count). The molecule has 0 saturated carbocycles. The highest BCUT2D eigenvalue weighted by molar-refractivity contribution is 7.13. The Labute approximate surface area is 235 Å². The van der Waals surface area contributed by atoms with Crippen molar-refractivity contribution in [2.75, 3.05) is 5.32 Å². The maximum atomic E-state index is 14.3. The molecule has 14 heteroatoms. The average Bonchev–Trinajstić information content (AvgIpc) is 3.67. The maximum Gasteiger partial charge on any atom is 0.287 e. The van der Waals surface area contributed by atoms with Gasteiger partial charge in [0.05, 0.1) is 29.7 Å². The first kappa shape index (κ1) is 27.1. The van der Waals surface area contributed by atoms with Crippen LogP contribution in [0.5, 0.6) is 0 Å². The number of aromatic amines is 1. The lowest BCUT2D eigenvalue weighted by Crippen LogP contribution is -2.28. The minimum Gasteiger partial charge on any atom is -0.344 e. The van der Waals surface area contributed by atoms with Gasteiger partial charge in [-0.3, -0.25) is 14.4 Å². The van der Waals surface area contributed by atoms with Crippen LogP contribution in [0, 0.1) is 5.82 Å². The number of nitrogens with one attached hydrogen (secondary N) is 3. The van der Waals surface area contributed by atoms with Gasteiger partial charge >= 0.3 is 0 Å². The molecule has 0 aliphatic heterocycles. The lowest BCUT2D eigenvalue weighted by Gasteiger charge is -2.19. The van der Waals surface area contributed by atoms with Crippen LogP contribution in [0.15, 0.2) is 48.7 Å². The number of imidazole rings is 1. The molecule has 204 valence electrons. The number of benzene rings is 2. The molecule has 0 radical (unpaired) electrons. The number of H-pyrrole nitrogens is 1. The normalized spacial score (nSPS) is 11.9. The number of carbonyl (C=O) groups excluding carboxylic acids is 3. The Kier molecular flexibility index (Phi) is 7.67. The number of amides is 2. The van der Waals surface area contributed by atoms with Gasteiger partial charge in [-0.15, -0.1) is 0 Å². The Morgan fingerprint density at radius 1 is 1.18 bits per heavy atom. The summed E-state index contributed by atoms with van der Waals surface area (Å²) in [7, 11) is 0. The van der Waals surface area contributed by atoms with Crippen LogP contribution in [0.1, 0.15) is 57.8 Å². The molecule has 3 heterocycles. The molecule has 1 atom stereocenters. The summed E-state index contributed by atoms with van der Waals surface area (Å²) in [5.74, 6) is -2.77. The van der Waals surface area contributed by atoms with Crippen molar-refractivity contribution in [2.24, 2.45) is 0 Å². The number of rotatable bonds is 9. The number of anilines is 1. The number of Topliss-reactive ketones (excluding diaryl/α,β-unsaturated/α-hetero) is 1. The molecule has 0 unspecified atom stereocenters. The summed E-state index contributed by atoms with van der Waals surface area (Å²) < 4.78 is 20.8. The number of halogens is 2. The van der Waals surface area contributed by atoms with Crippen molar-refractivity contribution in [3.05, 3.63) is 88.0 Å². The van der Waals surface area contributed by atoms with Crippen molar-refractivity contribution in [3.63, 3.8) is 0 Å². The van der Waals surface area contributed by atoms with E-state index in [0.29, 0.717) is 22.3 Å². The Balaban J connectivity index is 1.61. The van der Waals surface area contributed by atoms with Crippen LogP contribution in [0.3, 0.4) is 0 Å². The quantitative estimate of drug-likeness (QED) is 0.235. The van der Waals surface area contributed by atoms with Gasteiger partial charge in [-0.05, 0) is 48.3 Å². The van der Waals surface area contributed by atoms with Gasteiger partial charge in [0, 0.05) is 16.3 Å². The first-order valence-electron chi connectivity index (χ1n) is 12.1. The zero-order valence-corrected chi connectivity index (χ0v) is 22.8. The summed E-state index contributed by atoms with van der Waals surface area (Å²) >= 11 is 7.60. The Morgan fingerprint density at radius 3 is 2.73 bits per heavy atom. The molecule has 2 amide bonds. The topological polar surface area (TPSA) is 148 Å². The second kappa shape index (κ2) is 11.3. The molecule has 3 aromatic heterocycles. The van der Waals surface area contributed by atoms with Crippen LogP contribution in [0.2, 0.25) is 5.02 Å². The van der Waals surface area contributed by atoms with E-state index in [-0.39, 0.29) is 41.2 Å². The van der Waals surface area contributed by atoms with E-state index in [1.807, 2.05) is 12.1 Å². The number of fused-ring (bicyclic) bond motifs is 1. The smallest absolute Gasteiger partial charge is 0.287 e. The van der Waals surface area contributed by atoms with E-state index >= 15 is 0 Å². The fourth-order valence-electron chi connectivity index (χ4n) is 4.32. The van der Waals surface area contributed by atoms with Gasteiger partial charge in [-0.25, -0.2) is 9.37 Å². The van der Waals surface area contributed by atoms with Crippen molar-refractivity contribution >= 4 is 56.6 Å². The molecular weight excluding hydrogens is 559 g/mol. The van der Waals surface area contributed by atoms with Crippen LogP contribution in [-0.4, -0.2) is 46.9 Å². The maximum absolute atomic E-state index is 14.3. The molecular formula is C26H22ClFN8O3S. The van der Waals surface area contributed by atoms with Crippen molar-refractivity contribution in [3.8, 4) is 0 Å². The molecule has 2 aromatic carbocycles. The molecule has 0 aliphatic carbocycles. The van der Waals surface area contributed by atoms with Crippen molar-refractivity contribution in [2.45, 2.75) is 32.9 Å². The summed E-state index contributed by atoms with van der Waals surface area (Å²) in [4.78, 5) is 43.5. The van der Waals surface area contributed by atoms with Gasteiger partial charge in [-0.2, -0.15) is 19.8 Å². The minimum absolute atomic E-state index is 0.0164. The van der Waals surface area contributed by atoms with Crippen LogP contribution in [0.25, 0.3) is 10.1 Å². The standard InChI is InChI=1S/C26H22ClFN8O3S/c1-13(37)12-36-22(14(2)18-9-15(28)7-8-19(18)27)23(31-24(36)26(39)29-10-16-11-30-35-33-16)32-25(38)21-17-5-3-4-6-20(17)40-34-21/h3-9,11,14H,10,12H2,1-2H3,(H,29,39)(H,32,38)(H,30,33,35)/t14-/m1/s1. The monoisotopic (exact) mass is 580 g/mol. The summed E-state index contributed by atoms with van der Waals surface area (Å²) in [5.41, 5.74) is 1.33. The highest BCUT2D eigenvalue weighted by atomic mass is 35.5. The van der Waals surface area contributed by atoms with E-state index in [1.165, 1.54) is 47.4 Å². The first-order valence-corrected chi connectivity index (χ1v) is 13.2. The van der Waals surface area contributed by atoms with E-state index in [9.17, 15) is 18.8 Å². The van der Waals surface area contributed by atoms with Crippen LogP contribution in [0.4, 0.5) is 10.2 Å². The van der Waals surface area contributed by atoms with Crippen LogP contribution < -0.4 is 10.6 Å². The third kappa shape index (κ3) is 5.46. The molecule has 0 aliphatic rings. The van der Waals surface area contributed by atoms with E-state index < -0.39 is 23.5 Å². The van der Waals surface area contributed by atoms with E-state index in [0.717, 1.165) is 4.70 Å². The van der Waals surface area contributed by atoms with Gasteiger partial charge in [-0.1, -0.05) is 36.7 Å². The number of hydrogen-bond acceptors (Lipinski definition) is 8. The number of carbonyl (C=O) groups is 3. The fourth-order valence-corrected chi connectivity index (χ4v) is 5.38.